The summed E-state index contributed by atoms with van der Waals surface area (Å²) in [6.07, 6.45) is 4.49. The summed E-state index contributed by atoms with van der Waals surface area (Å²) in [5.41, 5.74) is 3.74. The maximum atomic E-state index is 12.6. The minimum atomic E-state index is -0.187. The van der Waals surface area contributed by atoms with Crippen molar-refractivity contribution in [1.29, 1.82) is 0 Å². The molecule has 1 aliphatic heterocycles. The van der Waals surface area contributed by atoms with Crippen LogP contribution in [0.15, 0.2) is 48.7 Å². The molecular weight excluding hydrogens is 358 g/mol. The molecule has 2 N–H and O–H groups in total. The van der Waals surface area contributed by atoms with Gasteiger partial charge in [-0.15, -0.1) is 0 Å². The van der Waals surface area contributed by atoms with E-state index < -0.39 is 0 Å². The van der Waals surface area contributed by atoms with Crippen molar-refractivity contribution in [3.05, 3.63) is 64.8 Å². The quantitative estimate of drug-likeness (QED) is 0.646. The minimum Gasteiger partial charge on any atom is -0.361 e. The van der Waals surface area contributed by atoms with Crippen LogP contribution in [0, 0.1) is 0 Å². The highest BCUT2D eigenvalue weighted by molar-refractivity contribution is 6.34. The molecule has 0 atom stereocenters. The average molecular weight is 382 g/mol. The van der Waals surface area contributed by atoms with Gasteiger partial charge in [0.2, 0.25) is 0 Å². The fourth-order valence-electron chi connectivity index (χ4n) is 3.96. The third kappa shape index (κ3) is 3.73. The van der Waals surface area contributed by atoms with E-state index in [-0.39, 0.29) is 5.91 Å². The number of H-pyrrole nitrogens is 1. The van der Waals surface area contributed by atoms with Crippen LogP contribution in [-0.2, 0) is 0 Å². The van der Waals surface area contributed by atoms with E-state index in [1.165, 1.54) is 23.8 Å². The van der Waals surface area contributed by atoms with Crippen LogP contribution in [0.2, 0.25) is 5.02 Å². The Kier molecular flexibility index (Phi) is 5.19. The Morgan fingerprint density at radius 1 is 1.22 bits per heavy atom. The van der Waals surface area contributed by atoms with E-state index in [0.717, 1.165) is 30.8 Å². The highest BCUT2D eigenvalue weighted by Crippen LogP contribution is 2.34. The molecule has 1 aromatic heterocycles. The lowest BCUT2D eigenvalue weighted by atomic mass is 9.89. The molecule has 140 valence electrons. The monoisotopic (exact) mass is 381 g/mol. The van der Waals surface area contributed by atoms with Crippen molar-refractivity contribution in [1.82, 2.24) is 9.88 Å². The van der Waals surface area contributed by atoms with Crippen molar-refractivity contribution in [2.75, 3.05) is 25.0 Å². The zero-order chi connectivity index (χ0) is 18.8. The highest BCUT2D eigenvalue weighted by Gasteiger charge is 2.22. The molecule has 1 aliphatic rings. The van der Waals surface area contributed by atoms with Gasteiger partial charge >= 0.3 is 0 Å². The predicted molar refractivity (Wildman–Crippen MR) is 112 cm³/mol. The summed E-state index contributed by atoms with van der Waals surface area (Å²) < 4.78 is 0. The van der Waals surface area contributed by atoms with Gasteiger partial charge < -0.3 is 15.2 Å². The molecule has 4 rings (SSSR count). The predicted octanol–water partition coefficient (Wildman–Crippen LogP) is 5.27. The van der Waals surface area contributed by atoms with Gasteiger partial charge in [-0.3, -0.25) is 4.79 Å². The van der Waals surface area contributed by atoms with Crippen LogP contribution in [0.25, 0.3) is 10.9 Å². The Morgan fingerprint density at radius 3 is 2.74 bits per heavy atom. The first kappa shape index (κ1) is 18.1. The van der Waals surface area contributed by atoms with Crippen LogP contribution in [0.4, 0.5) is 5.69 Å². The number of benzene rings is 2. The summed E-state index contributed by atoms with van der Waals surface area (Å²) in [4.78, 5) is 18.4. The molecule has 5 heteroatoms. The van der Waals surface area contributed by atoms with E-state index in [2.05, 4.69) is 34.4 Å². The maximum Gasteiger partial charge on any atom is 0.257 e. The van der Waals surface area contributed by atoms with E-state index in [1.807, 2.05) is 24.3 Å². The molecule has 27 heavy (non-hydrogen) atoms. The number of carbonyl (C=O) groups is 1. The number of carbonyl (C=O) groups excluding carboxylic acids is 1. The van der Waals surface area contributed by atoms with E-state index in [9.17, 15) is 4.79 Å². The fourth-order valence-corrected chi connectivity index (χ4v) is 4.18. The first-order valence-electron chi connectivity index (χ1n) is 9.55. The SMILES string of the molecule is CCN1CCC(c2c[nH]c3ccc(NC(=O)c4ccccc4Cl)cc23)CC1. The van der Waals surface area contributed by atoms with E-state index in [0.29, 0.717) is 16.5 Å². The van der Waals surface area contributed by atoms with Crippen LogP contribution in [0.1, 0.15) is 41.6 Å². The number of aromatic amines is 1. The van der Waals surface area contributed by atoms with E-state index in [4.69, 9.17) is 11.6 Å². The van der Waals surface area contributed by atoms with E-state index in [1.54, 1.807) is 12.1 Å². The van der Waals surface area contributed by atoms with Gasteiger partial charge in [0.15, 0.2) is 0 Å². The first-order valence-corrected chi connectivity index (χ1v) is 9.92. The molecular formula is C22H24ClN3O. The Hall–Kier alpha value is -2.30. The number of nitrogens with zero attached hydrogens (tertiary/aromatic N) is 1. The first-order chi connectivity index (χ1) is 13.2. The molecule has 0 spiro atoms. The second-order valence-electron chi connectivity index (χ2n) is 7.15. The smallest absolute Gasteiger partial charge is 0.257 e. The molecule has 1 fully saturated rings. The number of anilines is 1. The van der Waals surface area contributed by atoms with Gasteiger partial charge in [-0.05, 0) is 74.3 Å². The standard InChI is InChI=1S/C22H24ClN3O/c1-2-26-11-9-15(10-12-26)19-14-24-21-8-7-16(13-18(19)21)25-22(27)17-5-3-4-6-20(17)23/h3-8,13-15,24H,2,9-12H2,1H3,(H,25,27). The lowest BCUT2D eigenvalue weighted by Crippen LogP contribution is -2.32. The molecule has 1 amide bonds. The fraction of sp³-hybridized carbons (Fsp3) is 0.318. The summed E-state index contributed by atoms with van der Waals surface area (Å²) in [7, 11) is 0. The number of aromatic nitrogens is 1. The van der Waals surface area contributed by atoms with Crippen LogP contribution in [0.3, 0.4) is 0 Å². The van der Waals surface area contributed by atoms with Gasteiger partial charge in [-0.2, -0.15) is 0 Å². The summed E-state index contributed by atoms with van der Waals surface area (Å²) >= 11 is 6.14. The van der Waals surface area contributed by atoms with Gasteiger partial charge in [-0.1, -0.05) is 30.7 Å². The zero-order valence-electron chi connectivity index (χ0n) is 15.5. The van der Waals surface area contributed by atoms with Gasteiger partial charge in [0.1, 0.15) is 0 Å². The number of halogens is 1. The number of amides is 1. The summed E-state index contributed by atoms with van der Waals surface area (Å²) in [5, 5.41) is 4.64. The van der Waals surface area contributed by atoms with Gasteiger partial charge in [0, 0.05) is 22.8 Å². The molecule has 0 saturated carbocycles. The summed E-state index contributed by atoms with van der Waals surface area (Å²) in [5.74, 6) is 0.379. The number of hydrogen-bond acceptors (Lipinski definition) is 2. The van der Waals surface area contributed by atoms with Crippen molar-refractivity contribution in [2.24, 2.45) is 0 Å². The topological polar surface area (TPSA) is 48.1 Å². The number of rotatable bonds is 4. The van der Waals surface area contributed by atoms with Crippen molar-refractivity contribution in [2.45, 2.75) is 25.7 Å². The van der Waals surface area contributed by atoms with Crippen molar-refractivity contribution < 1.29 is 4.79 Å². The molecule has 1 saturated heterocycles. The lowest BCUT2D eigenvalue weighted by Gasteiger charge is -2.30. The van der Waals surface area contributed by atoms with Crippen molar-refractivity contribution in [3.63, 3.8) is 0 Å². The highest BCUT2D eigenvalue weighted by atomic mass is 35.5. The maximum absolute atomic E-state index is 12.6. The zero-order valence-corrected chi connectivity index (χ0v) is 16.2. The normalized spacial score (nSPS) is 15.9. The molecule has 0 unspecified atom stereocenters. The number of hydrogen-bond donors (Lipinski definition) is 2. The third-order valence-electron chi connectivity index (χ3n) is 5.56. The van der Waals surface area contributed by atoms with Gasteiger partial charge in [-0.25, -0.2) is 0 Å². The Bertz CT molecular complexity index is 957. The number of fused-ring (bicyclic) bond motifs is 1. The Balaban J connectivity index is 1.57. The Labute approximate surface area is 164 Å². The van der Waals surface area contributed by atoms with Crippen LogP contribution in [-0.4, -0.2) is 35.4 Å². The second kappa shape index (κ2) is 7.75. The van der Waals surface area contributed by atoms with Crippen molar-refractivity contribution >= 4 is 34.1 Å². The second-order valence-corrected chi connectivity index (χ2v) is 7.55. The summed E-state index contributed by atoms with van der Waals surface area (Å²) in [6.45, 7) is 5.65. The molecule has 4 nitrogen and oxygen atoms in total. The largest absolute Gasteiger partial charge is 0.361 e. The number of nitrogens with one attached hydrogen (secondary N) is 2. The van der Waals surface area contributed by atoms with Crippen molar-refractivity contribution in [3.8, 4) is 0 Å². The molecule has 2 heterocycles. The molecule has 2 aromatic carbocycles. The van der Waals surface area contributed by atoms with Crippen LogP contribution >= 0.6 is 11.6 Å². The molecule has 0 aliphatic carbocycles. The minimum absolute atomic E-state index is 0.187. The average Bonchev–Trinajstić information content (AvgIpc) is 3.11. The summed E-state index contributed by atoms with van der Waals surface area (Å²) in [6, 6.07) is 13.1. The van der Waals surface area contributed by atoms with Gasteiger partial charge in [0.05, 0.1) is 10.6 Å². The Morgan fingerprint density at radius 2 is 2.00 bits per heavy atom. The number of piperidine rings is 1. The molecule has 3 aromatic rings. The van der Waals surface area contributed by atoms with Gasteiger partial charge in [0.25, 0.3) is 5.91 Å². The van der Waals surface area contributed by atoms with Crippen LogP contribution in [0.5, 0.6) is 0 Å². The molecule has 0 radical (unpaired) electrons. The van der Waals surface area contributed by atoms with E-state index >= 15 is 0 Å². The number of likely N-dealkylation sites (tertiary alicyclic amines) is 1. The van der Waals surface area contributed by atoms with Crippen LogP contribution < -0.4 is 5.32 Å². The third-order valence-corrected chi connectivity index (χ3v) is 5.89. The lowest BCUT2D eigenvalue weighted by molar-refractivity contribution is 0.102. The molecule has 0 bridgehead atoms.